The minimum atomic E-state index is -0.390. The van der Waals surface area contributed by atoms with Crippen molar-refractivity contribution in [2.24, 2.45) is 0 Å². The van der Waals surface area contributed by atoms with Crippen LogP contribution in [0.15, 0.2) is 29.2 Å². The zero-order valence-electron chi connectivity index (χ0n) is 17.3. The van der Waals surface area contributed by atoms with Crippen molar-refractivity contribution in [2.45, 2.75) is 44.0 Å². The molecule has 0 saturated heterocycles. The van der Waals surface area contributed by atoms with Crippen LogP contribution in [0.2, 0.25) is 0 Å². The number of benzene rings is 1. The number of thioether (sulfide) groups is 1. The summed E-state index contributed by atoms with van der Waals surface area (Å²) in [5.74, 6) is 0.00890. The molecule has 0 bridgehead atoms. The number of methoxy groups -OCH3 is 1. The van der Waals surface area contributed by atoms with Crippen molar-refractivity contribution in [3.8, 4) is 0 Å². The van der Waals surface area contributed by atoms with E-state index in [-0.39, 0.29) is 11.7 Å². The van der Waals surface area contributed by atoms with E-state index in [2.05, 4.69) is 17.1 Å². The average Bonchev–Trinajstić information content (AvgIpc) is 3.09. The highest BCUT2D eigenvalue weighted by Gasteiger charge is 2.29. The number of anilines is 1. The fourth-order valence-electron chi connectivity index (χ4n) is 3.51. The molecule has 30 heavy (non-hydrogen) atoms. The van der Waals surface area contributed by atoms with Gasteiger partial charge in [-0.3, -0.25) is 9.69 Å². The van der Waals surface area contributed by atoms with Crippen LogP contribution in [0, 0.1) is 5.82 Å². The molecule has 0 aliphatic carbocycles. The molecule has 1 aromatic carbocycles. The lowest BCUT2D eigenvalue weighted by Gasteiger charge is -2.26. The van der Waals surface area contributed by atoms with Crippen LogP contribution in [0.4, 0.5) is 9.39 Å². The fraction of sp³-hybridized carbons (Fsp3) is 0.455. The van der Waals surface area contributed by atoms with E-state index in [0.717, 1.165) is 53.6 Å². The van der Waals surface area contributed by atoms with E-state index < -0.39 is 5.97 Å². The molecule has 2 aromatic rings. The highest BCUT2D eigenvalue weighted by molar-refractivity contribution is 7.99. The number of hydrogen-bond donors (Lipinski definition) is 1. The smallest absolute Gasteiger partial charge is 0.341 e. The Hall–Kier alpha value is -1.90. The highest BCUT2D eigenvalue weighted by Crippen LogP contribution is 2.37. The summed E-state index contributed by atoms with van der Waals surface area (Å²) in [6.07, 6.45) is 2.93. The van der Waals surface area contributed by atoms with E-state index in [1.165, 1.54) is 30.6 Å². The molecule has 0 atom stereocenters. The van der Waals surface area contributed by atoms with Gasteiger partial charge in [-0.25, -0.2) is 9.18 Å². The summed E-state index contributed by atoms with van der Waals surface area (Å²) in [6.45, 7) is 4.90. The summed E-state index contributed by atoms with van der Waals surface area (Å²) < 4.78 is 17.9. The van der Waals surface area contributed by atoms with Gasteiger partial charge in [0.25, 0.3) is 0 Å². The number of fused-ring (bicyclic) bond motifs is 1. The third-order valence-corrected chi connectivity index (χ3v) is 7.18. The first-order valence-electron chi connectivity index (χ1n) is 10.1. The molecule has 1 N–H and O–H groups in total. The molecule has 1 amide bonds. The molecule has 0 unspecified atom stereocenters. The van der Waals surface area contributed by atoms with Gasteiger partial charge >= 0.3 is 5.97 Å². The predicted octanol–water partition coefficient (Wildman–Crippen LogP) is 4.95. The van der Waals surface area contributed by atoms with Crippen molar-refractivity contribution in [1.82, 2.24) is 4.90 Å². The van der Waals surface area contributed by atoms with Crippen molar-refractivity contribution in [1.29, 1.82) is 0 Å². The summed E-state index contributed by atoms with van der Waals surface area (Å²) in [6, 6.07) is 6.34. The Morgan fingerprint density at radius 3 is 2.77 bits per heavy atom. The first-order chi connectivity index (χ1) is 14.5. The Labute approximate surface area is 185 Å². The molecule has 1 aromatic heterocycles. The number of nitrogens with one attached hydrogen (secondary N) is 1. The molecule has 0 spiro atoms. The Kier molecular flexibility index (Phi) is 8.30. The summed E-state index contributed by atoms with van der Waals surface area (Å²) in [4.78, 5) is 29.4. The van der Waals surface area contributed by atoms with Gasteiger partial charge in [0.2, 0.25) is 5.91 Å². The van der Waals surface area contributed by atoms with Crippen LogP contribution < -0.4 is 5.32 Å². The number of halogens is 1. The minimum Gasteiger partial charge on any atom is -0.465 e. The van der Waals surface area contributed by atoms with Gasteiger partial charge in [-0.05, 0) is 61.4 Å². The van der Waals surface area contributed by atoms with Crippen molar-refractivity contribution >= 4 is 40.0 Å². The van der Waals surface area contributed by atoms with Gasteiger partial charge in [0, 0.05) is 29.3 Å². The normalized spacial score (nSPS) is 13.7. The summed E-state index contributed by atoms with van der Waals surface area (Å²) in [5, 5.41) is 3.54. The Bertz CT molecular complexity index is 883. The molecule has 162 valence electrons. The monoisotopic (exact) mass is 450 g/mol. The number of hydrogen-bond acceptors (Lipinski definition) is 6. The number of thiophene rings is 1. The second kappa shape index (κ2) is 10.9. The maximum Gasteiger partial charge on any atom is 0.341 e. The van der Waals surface area contributed by atoms with Crippen molar-refractivity contribution < 1.29 is 18.7 Å². The van der Waals surface area contributed by atoms with E-state index in [0.29, 0.717) is 23.4 Å². The fourth-order valence-corrected chi connectivity index (χ4v) is 5.66. The standard InChI is InChI=1S/C22H27FN2O3S2/c1-3-11-25-12-10-17-18(14-25)30-21(20(17)22(27)28-2)24-19(26)5-4-13-29-16-8-6-15(23)7-9-16/h6-9H,3-5,10-14H2,1-2H3,(H,24,26). The number of nitrogens with zero attached hydrogens (tertiary/aromatic N) is 1. The molecule has 8 heteroatoms. The maximum atomic E-state index is 13.0. The van der Waals surface area contributed by atoms with E-state index in [9.17, 15) is 14.0 Å². The molecular formula is C22H27FN2O3S2. The number of amides is 1. The highest BCUT2D eigenvalue weighted by atomic mass is 32.2. The Morgan fingerprint density at radius 1 is 1.30 bits per heavy atom. The van der Waals surface area contributed by atoms with E-state index in [1.54, 1.807) is 23.9 Å². The third kappa shape index (κ3) is 5.83. The topological polar surface area (TPSA) is 58.6 Å². The lowest BCUT2D eigenvalue weighted by molar-refractivity contribution is -0.116. The van der Waals surface area contributed by atoms with E-state index >= 15 is 0 Å². The number of esters is 1. The van der Waals surface area contributed by atoms with Crippen LogP contribution in [0.5, 0.6) is 0 Å². The largest absolute Gasteiger partial charge is 0.465 e. The molecule has 1 aliphatic rings. The Balaban J connectivity index is 1.58. The van der Waals surface area contributed by atoms with Crippen LogP contribution in [0.3, 0.4) is 0 Å². The lowest BCUT2D eigenvalue weighted by atomic mass is 10.0. The molecule has 0 fully saturated rings. The number of rotatable bonds is 9. The molecule has 2 heterocycles. The van der Waals surface area contributed by atoms with Crippen molar-refractivity contribution in [3.63, 3.8) is 0 Å². The minimum absolute atomic E-state index is 0.108. The first kappa shape index (κ1) is 22.8. The number of carbonyl (C=O) groups excluding carboxylic acids is 2. The maximum absolute atomic E-state index is 13.0. The summed E-state index contributed by atoms with van der Waals surface area (Å²) >= 11 is 3.08. The van der Waals surface area contributed by atoms with Gasteiger partial charge in [0.05, 0.1) is 12.7 Å². The van der Waals surface area contributed by atoms with Crippen LogP contribution in [0.1, 0.15) is 47.0 Å². The van der Waals surface area contributed by atoms with E-state index in [1.807, 2.05) is 0 Å². The molecule has 0 radical (unpaired) electrons. The van der Waals surface area contributed by atoms with Crippen molar-refractivity contribution in [3.05, 3.63) is 46.1 Å². The zero-order chi connectivity index (χ0) is 21.5. The predicted molar refractivity (Wildman–Crippen MR) is 120 cm³/mol. The first-order valence-corrected chi connectivity index (χ1v) is 12.0. The number of carbonyl (C=O) groups is 2. The molecule has 5 nitrogen and oxygen atoms in total. The van der Waals surface area contributed by atoms with Crippen LogP contribution in [-0.4, -0.2) is 42.7 Å². The van der Waals surface area contributed by atoms with Crippen LogP contribution >= 0.6 is 23.1 Å². The van der Waals surface area contributed by atoms with Gasteiger partial charge in [-0.15, -0.1) is 23.1 Å². The quantitative estimate of drug-likeness (QED) is 0.333. The van der Waals surface area contributed by atoms with Gasteiger partial charge in [0.1, 0.15) is 10.8 Å². The van der Waals surface area contributed by atoms with Gasteiger partial charge < -0.3 is 10.1 Å². The average molecular weight is 451 g/mol. The second-order valence-corrected chi connectivity index (χ2v) is 9.45. The summed E-state index contributed by atoms with van der Waals surface area (Å²) in [5.41, 5.74) is 1.53. The molecular weight excluding hydrogens is 423 g/mol. The lowest BCUT2D eigenvalue weighted by Crippen LogP contribution is -2.30. The Morgan fingerprint density at radius 2 is 2.07 bits per heavy atom. The van der Waals surface area contributed by atoms with Gasteiger partial charge in [-0.1, -0.05) is 6.92 Å². The molecule has 3 rings (SSSR count). The van der Waals surface area contributed by atoms with Gasteiger partial charge in [-0.2, -0.15) is 0 Å². The molecule has 1 aliphatic heterocycles. The van der Waals surface area contributed by atoms with Crippen LogP contribution in [-0.2, 0) is 22.5 Å². The second-order valence-electron chi connectivity index (χ2n) is 7.18. The SMILES string of the molecule is CCCN1CCc2c(sc(NC(=O)CCCSc3ccc(F)cc3)c2C(=O)OC)C1. The van der Waals surface area contributed by atoms with Crippen molar-refractivity contribution in [2.75, 3.05) is 31.3 Å². The molecule has 0 saturated carbocycles. The third-order valence-electron chi connectivity index (χ3n) is 4.95. The zero-order valence-corrected chi connectivity index (χ0v) is 19.0. The number of ether oxygens (including phenoxy) is 1. The summed E-state index contributed by atoms with van der Waals surface area (Å²) in [7, 11) is 1.37. The van der Waals surface area contributed by atoms with E-state index in [4.69, 9.17) is 4.74 Å². The van der Waals surface area contributed by atoms with Gasteiger partial charge in [0.15, 0.2) is 0 Å². The van der Waals surface area contributed by atoms with Crippen LogP contribution in [0.25, 0.3) is 0 Å².